The van der Waals surface area contributed by atoms with Gasteiger partial charge in [-0.15, -0.1) is 0 Å². The first-order chi connectivity index (χ1) is 13.2. The fourth-order valence-corrected chi connectivity index (χ4v) is 3.52. The zero-order valence-electron chi connectivity index (χ0n) is 16.9. The van der Waals surface area contributed by atoms with E-state index in [1.165, 1.54) is 50.1 Å². The summed E-state index contributed by atoms with van der Waals surface area (Å²) in [6.45, 7) is 9.66. The molecular weight excluding hydrogens is 338 g/mol. The van der Waals surface area contributed by atoms with Crippen LogP contribution in [-0.2, 0) is 6.54 Å². The third-order valence-electron chi connectivity index (χ3n) is 5.37. The molecule has 1 saturated heterocycles. The Morgan fingerprint density at radius 3 is 2.63 bits per heavy atom. The number of aryl methyl sites for hydroxylation is 1. The maximum Gasteiger partial charge on any atom is 0.191 e. The molecule has 2 aromatic rings. The molecule has 0 aliphatic carbocycles. The van der Waals surface area contributed by atoms with Crippen LogP contribution in [0.4, 0.5) is 0 Å². The minimum atomic E-state index is 0.640. The standard InChI is InChI=1S/C21H33N5O/c1-17-18-8-4-5-9-19(18)27-20(17)16-24-21(22-2)23-10-6-7-11-26-14-12-25(3)13-15-26/h4-5,8-9H,6-7,10-16H2,1-3H3,(H2,22,23,24). The first kappa shape index (κ1) is 19.7. The van der Waals surface area contributed by atoms with Gasteiger partial charge in [0.25, 0.3) is 0 Å². The summed E-state index contributed by atoms with van der Waals surface area (Å²) in [6.07, 6.45) is 2.37. The van der Waals surface area contributed by atoms with Crippen LogP contribution in [0.15, 0.2) is 33.7 Å². The van der Waals surface area contributed by atoms with Gasteiger partial charge in [0.1, 0.15) is 11.3 Å². The molecule has 1 aromatic heterocycles. The van der Waals surface area contributed by atoms with E-state index in [-0.39, 0.29) is 0 Å². The Bertz CT molecular complexity index is 746. The van der Waals surface area contributed by atoms with Gasteiger partial charge in [0.05, 0.1) is 6.54 Å². The maximum absolute atomic E-state index is 5.96. The van der Waals surface area contributed by atoms with Gasteiger partial charge in [-0.1, -0.05) is 18.2 Å². The normalized spacial score (nSPS) is 16.8. The molecule has 1 fully saturated rings. The monoisotopic (exact) mass is 371 g/mol. The Hall–Kier alpha value is -2.05. The first-order valence-corrected chi connectivity index (χ1v) is 10.00. The molecule has 6 heteroatoms. The molecule has 1 aromatic carbocycles. The number of nitrogens with zero attached hydrogens (tertiary/aromatic N) is 3. The minimum absolute atomic E-state index is 0.640. The number of rotatable bonds is 7. The van der Waals surface area contributed by atoms with Crippen molar-refractivity contribution >= 4 is 16.9 Å². The molecule has 0 spiro atoms. The van der Waals surface area contributed by atoms with Gasteiger partial charge in [-0.2, -0.15) is 0 Å². The number of para-hydroxylation sites is 1. The Balaban J connectivity index is 1.36. The number of nitrogens with one attached hydrogen (secondary N) is 2. The lowest BCUT2D eigenvalue weighted by atomic mass is 10.1. The van der Waals surface area contributed by atoms with E-state index in [2.05, 4.69) is 45.5 Å². The lowest BCUT2D eigenvalue weighted by Gasteiger charge is -2.32. The third-order valence-corrected chi connectivity index (χ3v) is 5.37. The van der Waals surface area contributed by atoms with Crippen LogP contribution >= 0.6 is 0 Å². The van der Waals surface area contributed by atoms with Crippen molar-refractivity contribution in [3.8, 4) is 0 Å². The van der Waals surface area contributed by atoms with Crippen LogP contribution in [0, 0.1) is 6.92 Å². The van der Waals surface area contributed by atoms with Crippen molar-refractivity contribution < 1.29 is 4.42 Å². The number of hydrogen-bond acceptors (Lipinski definition) is 4. The van der Waals surface area contributed by atoms with Gasteiger partial charge in [0.2, 0.25) is 0 Å². The maximum atomic E-state index is 5.96. The Kier molecular flexibility index (Phi) is 7.12. The van der Waals surface area contributed by atoms with Crippen LogP contribution in [0.25, 0.3) is 11.0 Å². The van der Waals surface area contributed by atoms with Crippen molar-refractivity contribution in [3.63, 3.8) is 0 Å². The lowest BCUT2D eigenvalue weighted by Crippen LogP contribution is -2.44. The number of unbranched alkanes of at least 4 members (excludes halogenated alkanes) is 1. The molecule has 6 nitrogen and oxygen atoms in total. The average Bonchev–Trinajstić information content (AvgIpc) is 3.01. The predicted molar refractivity (Wildman–Crippen MR) is 112 cm³/mol. The van der Waals surface area contributed by atoms with E-state index in [4.69, 9.17) is 4.42 Å². The smallest absolute Gasteiger partial charge is 0.191 e. The summed E-state index contributed by atoms with van der Waals surface area (Å²) in [4.78, 5) is 9.29. The molecule has 1 aliphatic rings. The third kappa shape index (κ3) is 5.47. The van der Waals surface area contributed by atoms with Gasteiger partial charge in [-0.05, 0) is 39.4 Å². The Labute approximate surface area is 162 Å². The molecule has 0 saturated carbocycles. The zero-order valence-corrected chi connectivity index (χ0v) is 16.9. The number of furan rings is 1. The fourth-order valence-electron chi connectivity index (χ4n) is 3.52. The van der Waals surface area contributed by atoms with Crippen molar-refractivity contribution in [1.29, 1.82) is 0 Å². The van der Waals surface area contributed by atoms with Crippen LogP contribution in [-0.4, -0.2) is 69.1 Å². The summed E-state index contributed by atoms with van der Waals surface area (Å²) in [5.74, 6) is 1.80. The summed E-state index contributed by atoms with van der Waals surface area (Å²) in [5.41, 5.74) is 2.14. The molecule has 0 amide bonds. The highest BCUT2D eigenvalue weighted by Gasteiger charge is 2.13. The van der Waals surface area contributed by atoms with Crippen LogP contribution in [0.1, 0.15) is 24.2 Å². The SMILES string of the molecule is CN=C(NCCCCN1CCN(C)CC1)NCc1oc2ccccc2c1C. The predicted octanol–water partition coefficient (Wildman–Crippen LogP) is 2.43. The van der Waals surface area contributed by atoms with E-state index in [0.29, 0.717) is 6.54 Å². The second-order valence-electron chi connectivity index (χ2n) is 7.35. The average molecular weight is 372 g/mol. The molecule has 27 heavy (non-hydrogen) atoms. The number of guanidine groups is 1. The molecule has 2 heterocycles. The van der Waals surface area contributed by atoms with Crippen molar-refractivity contribution in [1.82, 2.24) is 20.4 Å². The Morgan fingerprint density at radius 1 is 1.11 bits per heavy atom. The van der Waals surface area contributed by atoms with Gasteiger partial charge in [-0.3, -0.25) is 4.99 Å². The molecule has 3 rings (SSSR count). The van der Waals surface area contributed by atoms with Crippen molar-refractivity contribution in [3.05, 3.63) is 35.6 Å². The highest BCUT2D eigenvalue weighted by atomic mass is 16.3. The fraction of sp³-hybridized carbons (Fsp3) is 0.571. The number of benzene rings is 1. The molecule has 0 radical (unpaired) electrons. The van der Waals surface area contributed by atoms with E-state index in [1.54, 1.807) is 0 Å². The highest BCUT2D eigenvalue weighted by molar-refractivity contribution is 5.82. The molecule has 0 unspecified atom stereocenters. The number of likely N-dealkylation sites (N-methyl/N-ethyl adjacent to an activating group) is 1. The van der Waals surface area contributed by atoms with E-state index >= 15 is 0 Å². The van der Waals surface area contributed by atoms with Crippen molar-refractivity contribution in [2.45, 2.75) is 26.3 Å². The van der Waals surface area contributed by atoms with Crippen molar-refractivity contribution in [2.24, 2.45) is 4.99 Å². The highest BCUT2D eigenvalue weighted by Crippen LogP contribution is 2.24. The van der Waals surface area contributed by atoms with Crippen molar-refractivity contribution in [2.75, 3.05) is 53.4 Å². The van der Waals surface area contributed by atoms with Crippen LogP contribution < -0.4 is 10.6 Å². The second kappa shape index (κ2) is 9.76. The molecule has 2 N–H and O–H groups in total. The van der Waals surface area contributed by atoms with Gasteiger partial charge >= 0.3 is 0 Å². The van der Waals surface area contributed by atoms with Gasteiger partial charge in [0, 0.05) is 50.7 Å². The van der Waals surface area contributed by atoms with E-state index in [9.17, 15) is 0 Å². The molecular formula is C21H33N5O. The van der Waals surface area contributed by atoms with Crippen LogP contribution in [0.2, 0.25) is 0 Å². The summed E-state index contributed by atoms with van der Waals surface area (Å²) < 4.78 is 5.96. The summed E-state index contributed by atoms with van der Waals surface area (Å²) in [7, 11) is 4.01. The second-order valence-corrected chi connectivity index (χ2v) is 7.35. The number of piperazine rings is 1. The largest absolute Gasteiger partial charge is 0.459 e. The summed E-state index contributed by atoms with van der Waals surface area (Å²) in [5, 5.41) is 7.95. The van der Waals surface area contributed by atoms with Crippen LogP contribution in [0.3, 0.4) is 0 Å². The molecule has 148 valence electrons. The first-order valence-electron chi connectivity index (χ1n) is 10.00. The topological polar surface area (TPSA) is 56.0 Å². The van der Waals surface area contributed by atoms with E-state index in [0.717, 1.165) is 30.3 Å². The zero-order chi connectivity index (χ0) is 19.1. The Morgan fingerprint density at radius 2 is 1.89 bits per heavy atom. The van der Waals surface area contributed by atoms with Gasteiger partial charge in [-0.25, -0.2) is 0 Å². The quantitative estimate of drug-likeness (QED) is 0.445. The minimum Gasteiger partial charge on any atom is -0.459 e. The summed E-state index contributed by atoms with van der Waals surface area (Å²) in [6, 6.07) is 8.17. The summed E-state index contributed by atoms with van der Waals surface area (Å²) >= 11 is 0. The number of fused-ring (bicyclic) bond motifs is 1. The van der Waals surface area contributed by atoms with Gasteiger partial charge < -0.3 is 24.9 Å². The van der Waals surface area contributed by atoms with Gasteiger partial charge in [0.15, 0.2) is 5.96 Å². The molecule has 0 bridgehead atoms. The number of hydrogen-bond donors (Lipinski definition) is 2. The van der Waals surface area contributed by atoms with Crippen LogP contribution in [0.5, 0.6) is 0 Å². The van der Waals surface area contributed by atoms with E-state index < -0.39 is 0 Å². The molecule has 1 aliphatic heterocycles. The number of aliphatic imine (C=N–C) groups is 1. The van der Waals surface area contributed by atoms with E-state index in [1.807, 2.05) is 25.2 Å². The lowest BCUT2D eigenvalue weighted by molar-refractivity contribution is 0.152. The molecule has 0 atom stereocenters.